The highest BCUT2D eigenvalue weighted by Crippen LogP contribution is 2.31. The molecule has 4 N–H and O–H groups in total. The monoisotopic (exact) mass is 370 g/mol. The lowest BCUT2D eigenvalue weighted by atomic mass is 10.3. The molecule has 8 heteroatoms. The fourth-order valence-corrected chi connectivity index (χ4v) is 2.93. The maximum Gasteiger partial charge on any atom is 0.269 e. The Bertz CT molecular complexity index is 701. The van der Waals surface area contributed by atoms with Crippen LogP contribution >= 0.6 is 27.3 Å². The van der Waals surface area contributed by atoms with Gasteiger partial charge < -0.3 is 16.4 Å². The number of benzene rings is 1. The van der Waals surface area contributed by atoms with E-state index in [0.29, 0.717) is 26.2 Å². The molecule has 21 heavy (non-hydrogen) atoms. The number of thiazole rings is 1. The summed E-state index contributed by atoms with van der Waals surface area (Å²) in [5, 5.41) is 6.46. The van der Waals surface area contributed by atoms with Crippen LogP contribution in [0.1, 0.15) is 22.5 Å². The van der Waals surface area contributed by atoms with Crippen LogP contribution in [0.2, 0.25) is 0 Å². The van der Waals surface area contributed by atoms with Crippen LogP contribution in [-0.4, -0.2) is 16.9 Å². The lowest BCUT2D eigenvalue weighted by molar-refractivity contribution is 0.103. The van der Waals surface area contributed by atoms with Crippen LogP contribution in [0, 0.1) is 5.82 Å². The number of amides is 1. The SMILES string of the molecule is Nc1nc(NC2CC2)sc1C(=O)Nc1cc(F)ccc1Br. The van der Waals surface area contributed by atoms with E-state index in [1.54, 1.807) is 0 Å². The van der Waals surface area contributed by atoms with Crippen LogP contribution < -0.4 is 16.4 Å². The first-order chi connectivity index (χ1) is 10.0. The van der Waals surface area contributed by atoms with Gasteiger partial charge in [0.05, 0.1) is 5.69 Å². The van der Waals surface area contributed by atoms with E-state index < -0.39 is 11.7 Å². The maximum absolute atomic E-state index is 13.2. The molecule has 0 atom stereocenters. The molecule has 0 bridgehead atoms. The number of anilines is 3. The number of carbonyl (C=O) groups is 1. The third-order valence-electron chi connectivity index (χ3n) is 2.94. The second-order valence-electron chi connectivity index (χ2n) is 4.73. The zero-order valence-corrected chi connectivity index (χ0v) is 13.2. The van der Waals surface area contributed by atoms with Crippen LogP contribution in [0.4, 0.5) is 21.0 Å². The Hall–Kier alpha value is -1.67. The van der Waals surface area contributed by atoms with Crippen LogP contribution in [0.15, 0.2) is 22.7 Å². The first-order valence-electron chi connectivity index (χ1n) is 6.32. The molecule has 5 nitrogen and oxygen atoms in total. The number of nitrogens with two attached hydrogens (primary N) is 1. The molecule has 1 aromatic heterocycles. The second kappa shape index (κ2) is 5.61. The Morgan fingerprint density at radius 2 is 2.24 bits per heavy atom. The second-order valence-corrected chi connectivity index (χ2v) is 6.58. The third-order valence-corrected chi connectivity index (χ3v) is 4.63. The summed E-state index contributed by atoms with van der Waals surface area (Å²) in [6, 6.07) is 4.51. The van der Waals surface area contributed by atoms with E-state index in [0.717, 1.165) is 12.8 Å². The van der Waals surface area contributed by atoms with Gasteiger partial charge in [-0.1, -0.05) is 11.3 Å². The zero-order chi connectivity index (χ0) is 15.0. The average Bonchev–Trinajstić information content (AvgIpc) is 3.16. The van der Waals surface area contributed by atoms with Crippen molar-refractivity contribution < 1.29 is 9.18 Å². The lowest BCUT2D eigenvalue weighted by Gasteiger charge is -2.06. The summed E-state index contributed by atoms with van der Waals surface area (Å²) < 4.78 is 13.8. The quantitative estimate of drug-likeness (QED) is 0.769. The molecule has 0 unspecified atom stereocenters. The molecule has 0 spiro atoms. The number of nitrogens with zero attached hydrogens (tertiary/aromatic N) is 1. The number of halogens is 2. The first-order valence-corrected chi connectivity index (χ1v) is 7.93. The summed E-state index contributed by atoms with van der Waals surface area (Å²) in [7, 11) is 0. The van der Waals surface area contributed by atoms with Crippen molar-refractivity contribution >= 4 is 49.8 Å². The van der Waals surface area contributed by atoms with Gasteiger partial charge in [0, 0.05) is 10.5 Å². The molecule has 1 fully saturated rings. The minimum Gasteiger partial charge on any atom is -0.382 e. The minimum absolute atomic E-state index is 0.174. The van der Waals surface area contributed by atoms with Gasteiger partial charge in [-0.2, -0.15) is 0 Å². The van der Waals surface area contributed by atoms with Gasteiger partial charge in [0.1, 0.15) is 16.5 Å². The molecule has 0 saturated heterocycles. The Labute approximate surface area is 132 Å². The summed E-state index contributed by atoms with van der Waals surface area (Å²) in [5.41, 5.74) is 6.12. The van der Waals surface area contributed by atoms with Crippen molar-refractivity contribution in [3.8, 4) is 0 Å². The van der Waals surface area contributed by atoms with Crippen molar-refractivity contribution in [1.29, 1.82) is 0 Å². The van der Waals surface area contributed by atoms with E-state index in [2.05, 4.69) is 31.5 Å². The number of carbonyl (C=O) groups excluding carboxylic acids is 1. The molecule has 3 rings (SSSR count). The predicted molar refractivity (Wildman–Crippen MR) is 85.2 cm³/mol. The smallest absolute Gasteiger partial charge is 0.269 e. The van der Waals surface area contributed by atoms with E-state index in [-0.39, 0.29) is 5.82 Å². The number of nitrogens with one attached hydrogen (secondary N) is 2. The number of aromatic nitrogens is 1. The molecule has 2 aromatic rings. The molecule has 1 aliphatic rings. The Kier molecular flexibility index (Phi) is 3.81. The fraction of sp³-hybridized carbons (Fsp3) is 0.231. The van der Waals surface area contributed by atoms with E-state index in [1.165, 1.54) is 29.5 Å². The van der Waals surface area contributed by atoms with Crippen molar-refractivity contribution in [2.45, 2.75) is 18.9 Å². The van der Waals surface area contributed by atoms with E-state index >= 15 is 0 Å². The molecule has 1 aromatic carbocycles. The zero-order valence-electron chi connectivity index (χ0n) is 10.8. The van der Waals surface area contributed by atoms with E-state index in [4.69, 9.17) is 5.73 Å². The molecular formula is C13H12BrFN4OS. The van der Waals surface area contributed by atoms with Crippen LogP contribution in [0.3, 0.4) is 0 Å². The summed E-state index contributed by atoms with van der Waals surface area (Å²) in [5.74, 6) is -0.657. The Morgan fingerprint density at radius 3 is 2.95 bits per heavy atom. The first kappa shape index (κ1) is 14.3. The van der Waals surface area contributed by atoms with E-state index in [1.807, 2.05) is 0 Å². The Morgan fingerprint density at radius 1 is 1.48 bits per heavy atom. The number of hydrogen-bond acceptors (Lipinski definition) is 5. The molecular weight excluding hydrogens is 359 g/mol. The molecule has 1 heterocycles. The largest absolute Gasteiger partial charge is 0.382 e. The maximum atomic E-state index is 13.2. The highest BCUT2D eigenvalue weighted by molar-refractivity contribution is 9.10. The van der Waals surface area contributed by atoms with Gasteiger partial charge in [0.25, 0.3) is 5.91 Å². The molecule has 110 valence electrons. The fourth-order valence-electron chi connectivity index (χ4n) is 1.73. The van der Waals surface area contributed by atoms with Gasteiger partial charge in [-0.15, -0.1) is 0 Å². The van der Waals surface area contributed by atoms with Crippen molar-refractivity contribution in [2.75, 3.05) is 16.4 Å². The van der Waals surface area contributed by atoms with Gasteiger partial charge in [-0.3, -0.25) is 4.79 Å². The van der Waals surface area contributed by atoms with Gasteiger partial charge in [0.15, 0.2) is 5.13 Å². The topological polar surface area (TPSA) is 80.0 Å². The number of hydrogen-bond donors (Lipinski definition) is 3. The predicted octanol–water partition coefficient (Wildman–Crippen LogP) is 3.45. The van der Waals surface area contributed by atoms with Crippen LogP contribution in [-0.2, 0) is 0 Å². The number of nitrogen functional groups attached to an aromatic ring is 1. The third kappa shape index (κ3) is 3.33. The normalized spacial score (nSPS) is 14.0. The van der Waals surface area contributed by atoms with Crippen molar-refractivity contribution in [2.24, 2.45) is 0 Å². The van der Waals surface area contributed by atoms with E-state index in [9.17, 15) is 9.18 Å². The summed E-state index contributed by atoms with van der Waals surface area (Å²) in [6.07, 6.45) is 2.22. The van der Waals surface area contributed by atoms with Crippen LogP contribution in [0.5, 0.6) is 0 Å². The van der Waals surface area contributed by atoms with Crippen molar-refractivity contribution in [1.82, 2.24) is 4.98 Å². The summed E-state index contributed by atoms with van der Waals surface area (Å²) in [6.45, 7) is 0. The standard InChI is InChI=1S/C13H12BrFN4OS/c14-8-4-1-6(15)5-9(8)18-12(20)10-11(16)19-13(21-10)17-7-2-3-7/h1,4-5,7H,2-3,16H2,(H,17,19)(H,18,20). The van der Waals surface area contributed by atoms with Gasteiger partial charge in [-0.25, -0.2) is 9.37 Å². The van der Waals surface area contributed by atoms with Crippen LogP contribution in [0.25, 0.3) is 0 Å². The molecule has 1 aliphatic carbocycles. The summed E-state index contributed by atoms with van der Waals surface area (Å²) in [4.78, 5) is 16.7. The van der Waals surface area contributed by atoms with Gasteiger partial charge >= 0.3 is 0 Å². The molecule has 0 radical (unpaired) electrons. The Balaban J connectivity index is 1.78. The number of rotatable bonds is 4. The van der Waals surface area contributed by atoms with Crippen molar-refractivity contribution in [3.63, 3.8) is 0 Å². The molecule has 0 aliphatic heterocycles. The van der Waals surface area contributed by atoms with Crippen molar-refractivity contribution in [3.05, 3.63) is 33.4 Å². The molecule has 1 saturated carbocycles. The average molecular weight is 371 g/mol. The minimum atomic E-state index is -0.429. The van der Waals surface area contributed by atoms with Gasteiger partial charge in [0.2, 0.25) is 0 Å². The van der Waals surface area contributed by atoms with Gasteiger partial charge in [-0.05, 0) is 47.0 Å². The summed E-state index contributed by atoms with van der Waals surface area (Å²) >= 11 is 4.46. The highest BCUT2D eigenvalue weighted by atomic mass is 79.9. The lowest BCUT2D eigenvalue weighted by Crippen LogP contribution is -2.12. The molecule has 1 amide bonds. The highest BCUT2D eigenvalue weighted by Gasteiger charge is 2.24.